The van der Waals surface area contributed by atoms with Crippen molar-refractivity contribution in [3.05, 3.63) is 0 Å². The topological polar surface area (TPSA) is 172 Å². The summed E-state index contributed by atoms with van der Waals surface area (Å²) >= 11 is 14.7. The van der Waals surface area contributed by atoms with Gasteiger partial charge in [0.15, 0.2) is 0 Å². The highest BCUT2D eigenvalue weighted by molar-refractivity contribution is 6.67. The average molecular weight is 556 g/mol. The molecule has 0 radical (unpaired) electrons. The summed E-state index contributed by atoms with van der Waals surface area (Å²) < 4.78 is 10.0. The van der Waals surface area contributed by atoms with E-state index in [-0.39, 0.29) is 61.5 Å². The first-order valence-electron chi connectivity index (χ1n) is 10.7. The fraction of sp³-hybridized carbons (Fsp3) is 0.850. The number of hydrogen-bond donors (Lipinski definition) is 6. The van der Waals surface area contributed by atoms with Gasteiger partial charge in [0.2, 0.25) is 17.1 Å². The van der Waals surface area contributed by atoms with E-state index in [0.717, 1.165) is 19.8 Å². The van der Waals surface area contributed by atoms with Crippen LogP contribution in [0, 0.1) is 0 Å². The van der Waals surface area contributed by atoms with E-state index in [2.05, 4.69) is 22.9 Å². The maximum absolute atomic E-state index is 10.4. The Morgan fingerprint density at radius 3 is 1.88 bits per heavy atom. The molecular weight excluding hydrogens is 515 g/mol. The normalized spacial score (nSPS) is 20.5. The lowest BCUT2D eigenvalue weighted by Crippen LogP contribution is -2.43. The highest BCUT2D eigenvalue weighted by atomic mass is 35.5. The molecule has 2 aliphatic heterocycles. The average Bonchev–Trinajstić information content (AvgIpc) is 2.80. The van der Waals surface area contributed by atoms with Gasteiger partial charge >= 0.3 is 0 Å². The Kier molecular flexibility index (Phi) is 29.8. The predicted octanol–water partition coefficient (Wildman–Crippen LogP) is -0.445. The Morgan fingerprint density at radius 1 is 1.12 bits per heavy atom. The van der Waals surface area contributed by atoms with Crippen LogP contribution in [0.2, 0.25) is 0 Å². The van der Waals surface area contributed by atoms with Crippen molar-refractivity contribution < 1.29 is 34.1 Å². The molecule has 4 atom stereocenters. The smallest absolute Gasteiger partial charge is 0.246 e. The number of halogens is 3. The van der Waals surface area contributed by atoms with Gasteiger partial charge in [-0.05, 0) is 39.3 Å². The van der Waals surface area contributed by atoms with Crippen LogP contribution < -0.4 is 21.7 Å². The van der Waals surface area contributed by atoms with Crippen LogP contribution in [-0.4, -0.2) is 109 Å². The first kappa shape index (κ1) is 37.8. The molecule has 0 aromatic heterocycles. The SMILES string of the molecule is CC(N)CO.C[C@@H](CO)NC(=O)CCl.C[C@H]1COCC(=O)N1.C[C@H]1COCCN1.O=C(Cl)CCl. The van der Waals surface area contributed by atoms with E-state index in [4.69, 9.17) is 60.2 Å². The van der Waals surface area contributed by atoms with Crippen molar-refractivity contribution in [3.8, 4) is 0 Å². The molecule has 0 aromatic rings. The molecule has 2 heterocycles. The van der Waals surface area contributed by atoms with Crippen LogP contribution in [0.25, 0.3) is 0 Å². The zero-order valence-corrected chi connectivity index (χ0v) is 22.6. The van der Waals surface area contributed by atoms with Gasteiger partial charge in [-0.3, -0.25) is 14.4 Å². The third-order valence-electron chi connectivity index (χ3n) is 3.31. The van der Waals surface area contributed by atoms with Gasteiger partial charge in [-0.15, -0.1) is 23.2 Å². The van der Waals surface area contributed by atoms with Gasteiger partial charge in [0.05, 0.1) is 38.9 Å². The number of ether oxygens (including phenoxy) is 2. The Bertz CT molecular complexity index is 515. The minimum absolute atomic E-state index is 0.0104. The number of hydrogen-bond acceptors (Lipinski definition) is 9. The maximum Gasteiger partial charge on any atom is 0.246 e. The number of aliphatic hydroxyl groups is 2. The van der Waals surface area contributed by atoms with Crippen LogP contribution in [0.4, 0.5) is 0 Å². The fourth-order valence-electron chi connectivity index (χ4n) is 1.74. The monoisotopic (exact) mass is 554 g/mol. The van der Waals surface area contributed by atoms with Crippen LogP contribution in [0.5, 0.6) is 0 Å². The predicted molar refractivity (Wildman–Crippen MR) is 134 cm³/mol. The van der Waals surface area contributed by atoms with Gasteiger partial charge < -0.3 is 41.4 Å². The van der Waals surface area contributed by atoms with Crippen LogP contribution in [0.1, 0.15) is 27.7 Å². The minimum Gasteiger partial charge on any atom is -0.395 e. The van der Waals surface area contributed by atoms with Gasteiger partial charge in [0.1, 0.15) is 12.5 Å². The summed E-state index contributed by atoms with van der Waals surface area (Å²) in [5.41, 5.74) is 5.04. The lowest BCUT2D eigenvalue weighted by molar-refractivity contribution is -0.130. The second-order valence-electron chi connectivity index (χ2n) is 7.35. The molecule has 2 saturated heterocycles. The summed E-state index contributed by atoms with van der Waals surface area (Å²) in [6.07, 6.45) is 0. The highest BCUT2D eigenvalue weighted by Crippen LogP contribution is 1.90. The number of rotatable bonds is 5. The largest absolute Gasteiger partial charge is 0.395 e. The summed E-state index contributed by atoms with van der Waals surface area (Å²) in [4.78, 5) is 30.3. The van der Waals surface area contributed by atoms with Crippen molar-refractivity contribution in [2.75, 3.05) is 57.9 Å². The number of amides is 2. The van der Waals surface area contributed by atoms with E-state index in [1.807, 2.05) is 6.92 Å². The lowest BCUT2D eigenvalue weighted by atomic mass is 10.3. The third kappa shape index (κ3) is 33.4. The summed E-state index contributed by atoms with van der Waals surface area (Å²) in [5, 5.41) is 24.4. The number of aliphatic hydroxyl groups excluding tert-OH is 2. The molecule has 2 rings (SSSR count). The molecule has 2 fully saturated rings. The quantitative estimate of drug-likeness (QED) is 0.194. The number of alkyl halides is 2. The van der Waals surface area contributed by atoms with Crippen LogP contribution in [0.3, 0.4) is 0 Å². The summed E-state index contributed by atoms with van der Waals surface area (Å²) in [6, 6.07) is 0.497. The van der Waals surface area contributed by atoms with Crippen molar-refractivity contribution in [2.45, 2.75) is 51.9 Å². The summed E-state index contributed by atoms with van der Waals surface area (Å²) in [5.74, 6) is -0.409. The van der Waals surface area contributed by atoms with Gasteiger partial charge in [-0.1, -0.05) is 0 Å². The highest BCUT2D eigenvalue weighted by Gasteiger charge is 2.12. The second kappa shape index (κ2) is 26.8. The van der Waals surface area contributed by atoms with E-state index in [0.29, 0.717) is 12.6 Å². The third-order valence-corrected chi connectivity index (χ3v) is 4.07. The molecule has 2 aliphatic rings. The first-order chi connectivity index (χ1) is 15.9. The Labute approximate surface area is 217 Å². The molecule has 2 amide bonds. The summed E-state index contributed by atoms with van der Waals surface area (Å²) in [6.45, 7) is 11.2. The number of carbonyl (C=O) groups excluding carboxylic acids is 3. The Morgan fingerprint density at radius 2 is 1.65 bits per heavy atom. The number of nitrogens with one attached hydrogen (secondary N) is 3. The molecule has 34 heavy (non-hydrogen) atoms. The zero-order chi connectivity index (χ0) is 26.9. The van der Waals surface area contributed by atoms with Gasteiger partial charge in [0.25, 0.3) is 0 Å². The van der Waals surface area contributed by atoms with Gasteiger partial charge in [-0.25, -0.2) is 0 Å². The Balaban J connectivity index is -0.000000360. The van der Waals surface area contributed by atoms with E-state index in [9.17, 15) is 14.4 Å². The molecule has 0 bridgehead atoms. The zero-order valence-electron chi connectivity index (χ0n) is 20.3. The maximum atomic E-state index is 10.4. The van der Waals surface area contributed by atoms with Crippen LogP contribution in [-0.2, 0) is 23.9 Å². The molecule has 11 nitrogen and oxygen atoms in total. The van der Waals surface area contributed by atoms with Crippen molar-refractivity contribution in [1.82, 2.24) is 16.0 Å². The number of nitrogens with two attached hydrogens (primary N) is 1. The summed E-state index contributed by atoms with van der Waals surface area (Å²) in [7, 11) is 0. The van der Waals surface area contributed by atoms with E-state index < -0.39 is 5.24 Å². The van der Waals surface area contributed by atoms with Crippen LogP contribution >= 0.6 is 34.8 Å². The first-order valence-corrected chi connectivity index (χ1v) is 12.1. The standard InChI is InChI=1S/C5H10ClNO2.C5H9NO2.C5H11NO.C3H9NO.C2H2Cl2O/c1-4(3-8)7-5(9)2-6;1-4-2-8-3-5(7)6-4;1-5-4-7-3-2-6-5;1-3(4)2-5;3-1-2(4)5/h4,8H,2-3H2,1H3,(H,7,9);4H,2-3H2,1H3,(H,6,7);5-6H,2-4H2,1H3;3,5H,2,4H2,1H3;1H2/t2*4-;5-;;/m000../s1. The molecule has 0 aromatic carbocycles. The molecule has 0 spiro atoms. The second-order valence-corrected chi connectivity index (χ2v) is 8.30. The molecule has 204 valence electrons. The van der Waals surface area contributed by atoms with Crippen LogP contribution in [0.15, 0.2) is 0 Å². The van der Waals surface area contributed by atoms with Gasteiger partial charge in [0, 0.05) is 30.7 Å². The fourth-order valence-corrected chi connectivity index (χ4v) is 1.82. The molecule has 0 aliphatic carbocycles. The lowest BCUT2D eigenvalue weighted by Gasteiger charge is -2.19. The van der Waals surface area contributed by atoms with Crippen molar-refractivity contribution in [1.29, 1.82) is 0 Å². The molecular formula is C20H41Cl3N4O7. The minimum atomic E-state index is -0.508. The molecule has 1 unspecified atom stereocenters. The molecule has 14 heteroatoms. The van der Waals surface area contributed by atoms with E-state index in [1.54, 1.807) is 13.8 Å². The van der Waals surface area contributed by atoms with Crippen molar-refractivity contribution in [3.63, 3.8) is 0 Å². The number of morpholine rings is 2. The Hall–Kier alpha value is -0.760. The van der Waals surface area contributed by atoms with Gasteiger partial charge in [-0.2, -0.15) is 0 Å². The number of carbonyl (C=O) groups is 3. The molecule has 7 N–H and O–H groups in total. The van der Waals surface area contributed by atoms with E-state index >= 15 is 0 Å². The van der Waals surface area contributed by atoms with Crippen molar-refractivity contribution >= 4 is 51.9 Å². The van der Waals surface area contributed by atoms with Crippen molar-refractivity contribution in [2.24, 2.45) is 5.73 Å². The van der Waals surface area contributed by atoms with E-state index in [1.165, 1.54) is 0 Å². The molecule has 0 saturated carbocycles.